The molecule has 90 valence electrons. The van der Waals surface area contributed by atoms with Crippen molar-refractivity contribution in [1.29, 1.82) is 0 Å². The van der Waals surface area contributed by atoms with Gasteiger partial charge in [-0.15, -0.1) is 0 Å². The van der Waals surface area contributed by atoms with Crippen molar-refractivity contribution >= 4 is 0 Å². The molecule has 1 aliphatic rings. The Kier molecular flexibility index (Phi) is 4.40. The molecule has 16 heavy (non-hydrogen) atoms. The van der Waals surface area contributed by atoms with Gasteiger partial charge in [-0.3, -0.25) is 0 Å². The van der Waals surface area contributed by atoms with Crippen LogP contribution in [0.15, 0.2) is 12.4 Å². The number of unbranched alkanes of at least 4 members (excludes halogenated alkanes) is 1. The van der Waals surface area contributed by atoms with Crippen molar-refractivity contribution in [3.05, 3.63) is 18.2 Å². The third-order valence-corrected chi connectivity index (χ3v) is 3.57. The topological polar surface area (TPSA) is 43.8 Å². The van der Waals surface area contributed by atoms with Crippen LogP contribution in [-0.2, 0) is 6.54 Å². The zero-order valence-electron chi connectivity index (χ0n) is 10.1. The van der Waals surface area contributed by atoms with Gasteiger partial charge in [0.2, 0.25) is 0 Å². The number of hydrogen-bond acceptors (Lipinski definition) is 2. The first-order valence-corrected chi connectivity index (χ1v) is 6.63. The molecule has 2 rings (SSSR count). The number of nitrogens with two attached hydrogens (primary N) is 1. The van der Waals surface area contributed by atoms with Gasteiger partial charge in [-0.25, -0.2) is 4.98 Å². The molecule has 0 radical (unpaired) electrons. The molecule has 0 atom stereocenters. The summed E-state index contributed by atoms with van der Waals surface area (Å²) in [4.78, 5) is 4.55. The van der Waals surface area contributed by atoms with Gasteiger partial charge in [0.15, 0.2) is 0 Å². The van der Waals surface area contributed by atoms with E-state index in [1.807, 2.05) is 6.20 Å². The van der Waals surface area contributed by atoms with Crippen LogP contribution in [0.25, 0.3) is 0 Å². The zero-order chi connectivity index (χ0) is 11.2. The minimum Gasteiger partial charge on any atom is -0.335 e. The molecule has 0 spiro atoms. The Morgan fingerprint density at radius 1 is 1.25 bits per heavy atom. The van der Waals surface area contributed by atoms with Gasteiger partial charge in [-0.05, 0) is 32.2 Å². The fourth-order valence-electron chi connectivity index (χ4n) is 2.66. The maximum Gasteiger partial charge on any atom is 0.111 e. The van der Waals surface area contributed by atoms with Crippen LogP contribution in [-0.4, -0.2) is 16.1 Å². The molecule has 1 aromatic rings. The minimum atomic E-state index is 0.710. The van der Waals surface area contributed by atoms with Crippen LogP contribution >= 0.6 is 0 Å². The van der Waals surface area contributed by atoms with Crippen LogP contribution in [0.1, 0.15) is 56.7 Å². The van der Waals surface area contributed by atoms with Crippen molar-refractivity contribution in [3.8, 4) is 0 Å². The normalized spacial score (nSPS) is 17.8. The van der Waals surface area contributed by atoms with E-state index in [0.29, 0.717) is 5.92 Å². The lowest BCUT2D eigenvalue weighted by atomic mass is 9.88. The van der Waals surface area contributed by atoms with Gasteiger partial charge in [-0.2, -0.15) is 0 Å². The highest BCUT2D eigenvalue weighted by Crippen LogP contribution is 2.31. The molecule has 0 bridgehead atoms. The highest BCUT2D eigenvalue weighted by molar-refractivity contribution is 5.01. The van der Waals surface area contributed by atoms with Crippen molar-refractivity contribution in [3.63, 3.8) is 0 Å². The van der Waals surface area contributed by atoms with Gasteiger partial charge in [0.25, 0.3) is 0 Å². The van der Waals surface area contributed by atoms with Crippen LogP contribution in [0, 0.1) is 0 Å². The lowest BCUT2D eigenvalue weighted by Gasteiger charge is -2.22. The quantitative estimate of drug-likeness (QED) is 0.777. The first kappa shape index (κ1) is 11.6. The molecule has 1 aromatic heterocycles. The third-order valence-electron chi connectivity index (χ3n) is 3.57. The second-order valence-corrected chi connectivity index (χ2v) is 4.81. The summed E-state index contributed by atoms with van der Waals surface area (Å²) in [7, 11) is 0. The fraction of sp³-hybridized carbons (Fsp3) is 0.769. The molecule has 0 amide bonds. The van der Waals surface area contributed by atoms with Gasteiger partial charge >= 0.3 is 0 Å². The van der Waals surface area contributed by atoms with Crippen LogP contribution in [0.2, 0.25) is 0 Å². The van der Waals surface area contributed by atoms with E-state index in [2.05, 4.69) is 15.7 Å². The Morgan fingerprint density at radius 2 is 2.06 bits per heavy atom. The van der Waals surface area contributed by atoms with E-state index in [4.69, 9.17) is 5.73 Å². The monoisotopic (exact) mass is 221 g/mol. The van der Waals surface area contributed by atoms with Crippen LogP contribution in [0.5, 0.6) is 0 Å². The van der Waals surface area contributed by atoms with Crippen molar-refractivity contribution in [2.75, 3.05) is 6.54 Å². The summed E-state index contributed by atoms with van der Waals surface area (Å²) in [6.07, 6.45) is 13.2. The maximum atomic E-state index is 5.52. The predicted octanol–water partition coefficient (Wildman–Crippen LogP) is 2.67. The molecule has 0 unspecified atom stereocenters. The lowest BCUT2D eigenvalue weighted by Crippen LogP contribution is -2.12. The second kappa shape index (κ2) is 6.04. The molecule has 1 saturated carbocycles. The molecule has 3 nitrogen and oxygen atoms in total. The van der Waals surface area contributed by atoms with E-state index in [1.165, 1.54) is 44.3 Å². The molecule has 2 N–H and O–H groups in total. The van der Waals surface area contributed by atoms with Gasteiger partial charge in [0.1, 0.15) is 5.82 Å². The molecular weight excluding hydrogens is 198 g/mol. The largest absolute Gasteiger partial charge is 0.335 e. The summed E-state index contributed by atoms with van der Waals surface area (Å²) in [5.74, 6) is 2.03. The number of hydrogen-bond donors (Lipinski definition) is 1. The van der Waals surface area contributed by atoms with Gasteiger partial charge < -0.3 is 10.3 Å². The van der Waals surface area contributed by atoms with Gasteiger partial charge in [0.05, 0.1) is 0 Å². The smallest absolute Gasteiger partial charge is 0.111 e. The van der Waals surface area contributed by atoms with E-state index in [0.717, 1.165) is 19.5 Å². The first-order valence-electron chi connectivity index (χ1n) is 6.63. The number of aromatic nitrogens is 2. The van der Waals surface area contributed by atoms with Crippen LogP contribution in [0.4, 0.5) is 0 Å². The summed E-state index contributed by atoms with van der Waals surface area (Å²) in [5.41, 5.74) is 5.52. The first-order chi connectivity index (χ1) is 7.92. The highest BCUT2D eigenvalue weighted by Gasteiger charge is 2.19. The summed E-state index contributed by atoms with van der Waals surface area (Å²) < 4.78 is 2.34. The van der Waals surface area contributed by atoms with Crippen LogP contribution < -0.4 is 5.73 Å². The Bertz CT molecular complexity index is 300. The van der Waals surface area contributed by atoms with Crippen molar-refractivity contribution in [2.24, 2.45) is 5.73 Å². The average molecular weight is 221 g/mol. The average Bonchev–Trinajstić information content (AvgIpc) is 2.79. The SMILES string of the molecule is NCCCCn1ccnc1C1CCCCC1. The summed E-state index contributed by atoms with van der Waals surface area (Å²) in [5, 5.41) is 0. The van der Waals surface area contributed by atoms with Crippen molar-refractivity contribution in [1.82, 2.24) is 9.55 Å². The van der Waals surface area contributed by atoms with E-state index >= 15 is 0 Å². The van der Waals surface area contributed by atoms with E-state index in [1.54, 1.807) is 0 Å². The number of nitrogens with zero attached hydrogens (tertiary/aromatic N) is 2. The van der Waals surface area contributed by atoms with Crippen molar-refractivity contribution in [2.45, 2.75) is 57.4 Å². The number of imidazole rings is 1. The standard InChI is InChI=1S/C13H23N3/c14-8-4-5-10-16-11-9-15-13(16)12-6-2-1-3-7-12/h9,11-12H,1-8,10,14H2. The Labute approximate surface area is 98.1 Å². The molecule has 0 saturated heterocycles. The van der Waals surface area contributed by atoms with Crippen molar-refractivity contribution < 1.29 is 0 Å². The molecular formula is C13H23N3. The maximum absolute atomic E-state index is 5.52. The summed E-state index contributed by atoms with van der Waals surface area (Å²) >= 11 is 0. The Hall–Kier alpha value is -0.830. The van der Waals surface area contributed by atoms with Gasteiger partial charge in [0, 0.05) is 24.9 Å². The molecule has 1 fully saturated rings. The van der Waals surface area contributed by atoms with Crippen LogP contribution in [0.3, 0.4) is 0 Å². The predicted molar refractivity (Wildman–Crippen MR) is 66.3 cm³/mol. The molecule has 1 heterocycles. The molecule has 1 aliphatic carbocycles. The minimum absolute atomic E-state index is 0.710. The highest BCUT2D eigenvalue weighted by atomic mass is 15.1. The molecule has 0 aliphatic heterocycles. The Balaban J connectivity index is 1.94. The Morgan fingerprint density at radius 3 is 2.81 bits per heavy atom. The third kappa shape index (κ3) is 2.85. The van der Waals surface area contributed by atoms with E-state index < -0.39 is 0 Å². The number of rotatable bonds is 5. The lowest BCUT2D eigenvalue weighted by molar-refractivity contribution is 0.412. The fourth-order valence-corrected chi connectivity index (χ4v) is 2.66. The number of aryl methyl sites for hydroxylation is 1. The summed E-state index contributed by atoms with van der Waals surface area (Å²) in [6, 6.07) is 0. The molecule has 3 heteroatoms. The van der Waals surface area contributed by atoms with E-state index in [9.17, 15) is 0 Å². The van der Waals surface area contributed by atoms with Gasteiger partial charge in [-0.1, -0.05) is 19.3 Å². The van der Waals surface area contributed by atoms with E-state index in [-0.39, 0.29) is 0 Å². The second-order valence-electron chi connectivity index (χ2n) is 4.81. The zero-order valence-corrected chi connectivity index (χ0v) is 10.1. The molecule has 0 aromatic carbocycles. The summed E-state index contributed by atoms with van der Waals surface area (Å²) in [6.45, 7) is 1.89.